The monoisotopic (exact) mass is 464 g/mol. The second-order valence-corrected chi connectivity index (χ2v) is 7.87. The highest BCUT2D eigenvalue weighted by molar-refractivity contribution is 7.14. The molecule has 10 nitrogen and oxygen atoms in total. The molecular formula is C19H17ClN4O6S. The van der Waals surface area contributed by atoms with E-state index in [1.54, 1.807) is 19.2 Å². The van der Waals surface area contributed by atoms with Crippen LogP contribution in [0, 0.1) is 27.4 Å². The maximum Gasteiger partial charge on any atom is 0.329 e. The van der Waals surface area contributed by atoms with E-state index in [1.165, 1.54) is 12.1 Å². The van der Waals surface area contributed by atoms with Gasteiger partial charge in [0.25, 0.3) is 17.5 Å². The van der Waals surface area contributed by atoms with E-state index < -0.39 is 41.3 Å². The highest BCUT2D eigenvalue weighted by Crippen LogP contribution is 2.23. The van der Waals surface area contributed by atoms with Crippen LogP contribution in [0.5, 0.6) is 0 Å². The summed E-state index contributed by atoms with van der Waals surface area (Å²) in [5.41, 5.74) is -0.222. The maximum atomic E-state index is 12.5. The Kier molecular flexibility index (Phi) is 8.07. The van der Waals surface area contributed by atoms with Gasteiger partial charge in [-0.25, -0.2) is 4.79 Å². The minimum Gasteiger partial charge on any atom is -0.454 e. The molecule has 0 fully saturated rings. The van der Waals surface area contributed by atoms with E-state index in [0.717, 1.165) is 23.5 Å². The number of nitriles is 1. The zero-order valence-corrected chi connectivity index (χ0v) is 18.0. The van der Waals surface area contributed by atoms with Crippen LogP contribution in [0.4, 0.5) is 10.7 Å². The number of thiophene rings is 1. The molecule has 162 valence electrons. The fourth-order valence-corrected chi connectivity index (χ4v) is 3.36. The Balaban J connectivity index is 2.03. The van der Waals surface area contributed by atoms with Crippen molar-refractivity contribution in [3.05, 3.63) is 55.9 Å². The van der Waals surface area contributed by atoms with E-state index in [2.05, 4.69) is 10.6 Å². The molecule has 1 atom stereocenters. The first-order valence-electron chi connectivity index (χ1n) is 8.83. The number of carbonyl (C=O) groups excluding carboxylic acids is 3. The van der Waals surface area contributed by atoms with Crippen molar-refractivity contribution in [2.24, 2.45) is 5.92 Å². The van der Waals surface area contributed by atoms with Crippen LogP contribution >= 0.6 is 22.9 Å². The van der Waals surface area contributed by atoms with Crippen LogP contribution in [0.15, 0.2) is 29.6 Å². The van der Waals surface area contributed by atoms with Gasteiger partial charge in [-0.15, -0.1) is 11.3 Å². The minimum atomic E-state index is -1.13. The summed E-state index contributed by atoms with van der Waals surface area (Å²) in [6.45, 7) is 2.66. The molecule has 0 bridgehead atoms. The van der Waals surface area contributed by atoms with Crippen molar-refractivity contribution in [3.63, 3.8) is 0 Å². The number of esters is 1. The number of non-ortho nitro benzene ring substituents is 1. The quantitative estimate of drug-likeness (QED) is 0.346. The second kappa shape index (κ2) is 10.5. The lowest BCUT2D eigenvalue weighted by atomic mass is 10.0. The maximum absolute atomic E-state index is 12.5. The molecule has 0 aliphatic heterocycles. The summed E-state index contributed by atoms with van der Waals surface area (Å²) < 4.78 is 4.99. The molecule has 0 spiro atoms. The number of carbonyl (C=O) groups is 3. The van der Waals surface area contributed by atoms with Crippen LogP contribution < -0.4 is 10.6 Å². The van der Waals surface area contributed by atoms with Crippen molar-refractivity contribution in [1.82, 2.24) is 5.32 Å². The van der Waals surface area contributed by atoms with Crippen LogP contribution in [-0.2, 0) is 14.3 Å². The van der Waals surface area contributed by atoms with Crippen LogP contribution in [0.1, 0.15) is 29.8 Å². The Bertz CT molecular complexity index is 1060. The van der Waals surface area contributed by atoms with Gasteiger partial charge in [-0.1, -0.05) is 25.4 Å². The molecule has 12 heteroatoms. The number of nitrogens with zero attached hydrogens (tertiary/aromatic N) is 2. The normalized spacial score (nSPS) is 11.3. The summed E-state index contributed by atoms with van der Waals surface area (Å²) in [5.74, 6) is -2.74. The third kappa shape index (κ3) is 6.24. The largest absolute Gasteiger partial charge is 0.454 e. The summed E-state index contributed by atoms with van der Waals surface area (Å²) >= 11 is 7.11. The molecule has 1 heterocycles. The molecule has 2 N–H and O–H groups in total. The minimum absolute atomic E-state index is 0.0254. The Morgan fingerprint density at radius 3 is 2.65 bits per heavy atom. The van der Waals surface area contributed by atoms with Gasteiger partial charge in [0.1, 0.15) is 17.1 Å². The zero-order valence-electron chi connectivity index (χ0n) is 16.4. The van der Waals surface area contributed by atoms with Crippen molar-refractivity contribution in [1.29, 1.82) is 5.26 Å². The number of benzene rings is 1. The van der Waals surface area contributed by atoms with Gasteiger partial charge in [-0.05, 0) is 23.4 Å². The number of rotatable bonds is 8. The predicted octanol–water partition coefficient (Wildman–Crippen LogP) is 3.12. The molecular weight excluding hydrogens is 448 g/mol. The summed E-state index contributed by atoms with van der Waals surface area (Å²) in [6, 6.07) is 5.69. The van der Waals surface area contributed by atoms with E-state index in [4.69, 9.17) is 21.6 Å². The fraction of sp³-hybridized carbons (Fsp3) is 0.263. The number of hydrogen-bond donors (Lipinski definition) is 2. The van der Waals surface area contributed by atoms with E-state index in [9.17, 15) is 24.5 Å². The lowest BCUT2D eigenvalue weighted by Gasteiger charge is -2.21. The molecule has 0 saturated heterocycles. The molecule has 0 saturated carbocycles. The first-order chi connectivity index (χ1) is 14.6. The molecule has 0 radical (unpaired) electrons. The van der Waals surface area contributed by atoms with E-state index >= 15 is 0 Å². The van der Waals surface area contributed by atoms with Crippen molar-refractivity contribution in [3.8, 4) is 6.07 Å². The molecule has 0 aliphatic rings. The third-order valence-electron chi connectivity index (χ3n) is 4.00. The van der Waals surface area contributed by atoms with Gasteiger partial charge in [-0.3, -0.25) is 19.7 Å². The van der Waals surface area contributed by atoms with Gasteiger partial charge < -0.3 is 15.4 Å². The molecule has 0 unspecified atom stereocenters. The fourth-order valence-electron chi connectivity index (χ4n) is 2.40. The Labute approximate surface area is 185 Å². The van der Waals surface area contributed by atoms with Gasteiger partial charge in [-0.2, -0.15) is 5.26 Å². The van der Waals surface area contributed by atoms with E-state index in [0.29, 0.717) is 5.00 Å². The summed E-state index contributed by atoms with van der Waals surface area (Å²) in [6.07, 6.45) is 0. The lowest BCUT2D eigenvalue weighted by molar-refractivity contribution is -0.384. The number of ether oxygens (including phenoxy) is 1. The van der Waals surface area contributed by atoms with Crippen LogP contribution in [-0.4, -0.2) is 35.4 Å². The molecule has 2 aromatic rings. The number of nitrogens with one attached hydrogen (secondary N) is 2. The topological polar surface area (TPSA) is 151 Å². The predicted molar refractivity (Wildman–Crippen MR) is 113 cm³/mol. The van der Waals surface area contributed by atoms with Crippen molar-refractivity contribution in [2.45, 2.75) is 19.9 Å². The van der Waals surface area contributed by atoms with Gasteiger partial charge in [0.2, 0.25) is 0 Å². The number of halogens is 1. The van der Waals surface area contributed by atoms with Crippen LogP contribution in [0.3, 0.4) is 0 Å². The molecule has 31 heavy (non-hydrogen) atoms. The van der Waals surface area contributed by atoms with Crippen LogP contribution in [0.2, 0.25) is 5.02 Å². The van der Waals surface area contributed by atoms with E-state index in [-0.39, 0.29) is 21.8 Å². The Morgan fingerprint density at radius 1 is 1.32 bits per heavy atom. The van der Waals surface area contributed by atoms with Crippen molar-refractivity contribution < 1.29 is 24.0 Å². The average molecular weight is 465 g/mol. The van der Waals surface area contributed by atoms with Crippen molar-refractivity contribution >= 4 is 51.4 Å². The van der Waals surface area contributed by atoms with Gasteiger partial charge in [0.15, 0.2) is 6.61 Å². The average Bonchev–Trinajstić information content (AvgIpc) is 3.16. The summed E-state index contributed by atoms with van der Waals surface area (Å²) in [7, 11) is 0. The SMILES string of the molecule is CC(C)[C@@H](NC(=O)c1cc([N+](=O)[O-])ccc1Cl)C(=O)OCC(=O)Nc1sccc1C#N. The van der Waals surface area contributed by atoms with Gasteiger partial charge in [0.05, 0.1) is 21.1 Å². The first-order valence-corrected chi connectivity index (χ1v) is 10.1. The van der Waals surface area contributed by atoms with Crippen LogP contribution in [0.25, 0.3) is 0 Å². The molecule has 2 rings (SSSR count). The highest BCUT2D eigenvalue weighted by Gasteiger charge is 2.28. The summed E-state index contributed by atoms with van der Waals surface area (Å²) in [5, 5.41) is 26.7. The molecule has 0 aliphatic carbocycles. The number of nitro groups is 1. The first kappa shape index (κ1) is 23.8. The summed E-state index contributed by atoms with van der Waals surface area (Å²) in [4.78, 5) is 47.2. The zero-order chi connectivity index (χ0) is 23.1. The number of amides is 2. The van der Waals surface area contributed by atoms with E-state index in [1.807, 2.05) is 6.07 Å². The molecule has 2 amide bonds. The molecule has 1 aromatic heterocycles. The second-order valence-electron chi connectivity index (χ2n) is 6.55. The van der Waals surface area contributed by atoms with Gasteiger partial charge in [0, 0.05) is 12.1 Å². The number of anilines is 1. The van der Waals surface area contributed by atoms with Crippen molar-refractivity contribution in [2.75, 3.05) is 11.9 Å². The Hall–Kier alpha value is -3.49. The number of nitro benzene ring substituents is 1. The number of hydrogen-bond acceptors (Lipinski definition) is 8. The smallest absolute Gasteiger partial charge is 0.329 e. The third-order valence-corrected chi connectivity index (χ3v) is 5.16. The lowest BCUT2D eigenvalue weighted by Crippen LogP contribution is -2.46. The standard InChI is InChI=1S/C19H17ClN4O6S/c1-10(2)16(23-17(26)13-7-12(24(28)29)3-4-14(13)20)19(27)30-9-15(25)22-18-11(8-21)5-6-31-18/h3-7,10,16H,9H2,1-2H3,(H,22,25)(H,23,26)/t16-/m1/s1. The molecule has 1 aromatic carbocycles. The highest BCUT2D eigenvalue weighted by atomic mass is 35.5. The van der Waals surface area contributed by atoms with Gasteiger partial charge >= 0.3 is 5.97 Å². The Morgan fingerprint density at radius 2 is 2.03 bits per heavy atom.